The van der Waals surface area contributed by atoms with Crippen molar-refractivity contribution in [3.8, 4) is 11.4 Å². The van der Waals surface area contributed by atoms with Crippen LogP contribution >= 0.6 is 11.3 Å². The average Bonchev–Trinajstić information content (AvgIpc) is 3.37. The zero-order valence-corrected chi connectivity index (χ0v) is 16.3. The quantitative estimate of drug-likeness (QED) is 0.476. The number of fused-ring (bicyclic) bond motifs is 1. The van der Waals surface area contributed by atoms with Gasteiger partial charge in [0.05, 0.1) is 19.0 Å². The highest BCUT2D eigenvalue weighted by atomic mass is 32.1. The summed E-state index contributed by atoms with van der Waals surface area (Å²) in [7, 11) is 1.29. The minimum Gasteiger partial charge on any atom is -0.463 e. The first kappa shape index (κ1) is 18.2. The minimum absolute atomic E-state index is 0.102. The molecule has 3 aromatic heterocycles. The van der Waals surface area contributed by atoms with E-state index in [1.54, 1.807) is 16.7 Å². The lowest BCUT2D eigenvalue weighted by Crippen LogP contribution is -2.23. The summed E-state index contributed by atoms with van der Waals surface area (Å²) in [5.74, 6) is 0.593. The highest BCUT2D eigenvalue weighted by Gasteiger charge is 2.18. The molecule has 0 amide bonds. The van der Waals surface area contributed by atoms with Crippen LogP contribution in [0.25, 0.3) is 21.6 Å². The van der Waals surface area contributed by atoms with E-state index < -0.39 is 5.97 Å². The molecule has 0 atom stereocenters. The van der Waals surface area contributed by atoms with Gasteiger partial charge in [0.15, 0.2) is 0 Å². The predicted octanol–water partition coefficient (Wildman–Crippen LogP) is 4.12. The van der Waals surface area contributed by atoms with Crippen LogP contribution in [0, 0.1) is 0 Å². The summed E-state index contributed by atoms with van der Waals surface area (Å²) in [6, 6.07) is 14.7. The van der Waals surface area contributed by atoms with E-state index in [-0.39, 0.29) is 17.9 Å². The zero-order valence-electron chi connectivity index (χ0n) is 15.5. The van der Waals surface area contributed by atoms with Gasteiger partial charge in [-0.1, -0.05) is 37.3 Å². The van der Waals surface area contributed by atoms with Crippen LogP contribution in [0.1, 0.15) is 28.1 Å². The summed E-state index contributed by atoms with van der Waals surface area (Å²) in [5.41, 5.74) is 0.712. The van der Waals surface area contributed by atoms with E-state index in [4.69, 9.17) is 9.40 Å². The van der Waals surface area contributed by atoms with Gasteiger partial charge in [0.25, 0.3) is 5.56 Å². The van der Waals surface area contributed by atoms with E-state index in [0.717, 1.165) is 21.7 Å². The molecule has 0 saturated heterocycles. The number of nitrogens with zero attached hydrogens (tertiary/aromatic N) is 2. The van der Waals surface area contributed by atoms with Gasteiger partial charge in [0, 0.05) is 10.4 Å². The summed E-state index contributed by atoms with van der Waals surface area (Å²) >= 11 is 1.54. The fourth-order valence-corrected chi connectivity index (χ4v) is 3.98. The molecule has 0 aliphatic rings. The number of methoxy groups -OCH3 is 1. The van der Waals surface area contributed by atoms with Crippen LogP contribution in [-0.4, -0.2) is 22.6 Å². The number of carbonyl (C=O) groups excluding carboxylic acids is 1. The Balaban J connectivity index is 1.87. The Hall–Kier alpha value is -3.19. The molecule has 28 heavy (non-hydrogen) atoms. The molecule has 0 radical (unpaired) electrons. The van der Waals surface area contributed by atoms with Crippen molar-refractivity contribution < 1.29 is 13.9 Å². The van der Waals surface area contributed by atoms with Gasteiger partial charge in [0.1, 0.15) is 16.4 Å². The maximum Gasteiger partial charge on any atom is 0.373 e. The number of carbonyl (C=O) groups is 1. The van der Waals surface area contributed by atoms with Crippen molar-refractivity contribution in [2.45, 2.75) is 19.9 Å². The van der Waals surface area contributed by atoms with Gasteiger partial charge in [-0.2, -0.15) is 0 Å². The van der Waals surface area contributed by atoms with Gasteiger partial charge in [-0.25, -0.2) is 9.78 Å². The second-order valence-electron chi connectivity index (χ2n) is 6.24. The number of furan rings is 1. The lowest BCUT2D eigenvalue weighted by molar-refractivity contribution is 0.0563. The number of hydrogen-bond donors (Lipinski definition) is 0. The summed E-state index contributed by atoms with van der Waals surface area (Å²) in [4.78, 5) is 31.5. The molecule has 7 heteroatoms. The number of hydrogen-bond acceptors (Lipinski definition) is 6. The molecular formula is C21H18N2O4S. The van der Waals surface area contributed by atoms with Gasteiger partial charge >= 0.3 is 5.97 Å². The van der Waals surface area contributed by atoms with Crippen molar-refractivity contribution in [2.75, 3.05) is 7.11 Å². The monoisotopic (exact) mass is 394 g/mol. The number of thiophene rings is 1. The molecule has 0 unspecified atom stereocenters. The van der Waals surface area contributed by atoms with E-state index in [2.05, 4.69) is 11.7 Å². The van der Waals surface area contributed by atoms with Crippen molar-refractivity contribution in [2.24, 2.45) is 0 Å². The Morgan fingerprint density at radius 2 is 2.00 bits per heavy atom. The Morgan fingerprint density at radius 1 is 1.21 bits per heavy atom. The second kappa shape index (κ2) is 7.44. The predicted molar refractivity (Wildman–Crippen MR) is 108 cm³/mol. The minimum atomic E-state index is -0.555. The van der Waals surface area contributed by atoms with E-state index >= 15 is 0 Å². The van der Waals surface area contributed by atoms with Crippen molar-refractivity contribution >= 4 is 27.5 Å². The topological polar surface area (TPSA) is 74.3 Å². The molecule has 0 bridgehead atoms. The molecule has 0 spiro atoms. The maximum atomic E-state index is 13.2. The molecule has 3 heterocycles. The number of aromatic nitrogens is 2. The van der Waals surface area contributed by atoms with Crippen LogP contribution in [0.4, 0.5) is 0 Å². The average molecular weight is 394 g/mol. The van der Waals surface area contributed by atoms with Gasteiger partial charge in [-0.15, -0.1) is 11.3 Å². The van der Waals surface area contributed by atoms with E-state index in [0.29, 0.717) is 17.0 Å². The number of benzene rings is 1. The molecule has 142 valence electrons. The molecule has 1 aromatic carbocycles. The van der Waals surface area contributed by atoms with Crippen molar-refractivity contribution in [1.29, 1.82) is 0 Å². The number of aryl methyl sites for hydroxylation is 1. The standard InChI is InChI=1S/C21H18N2O4S/c1-3-15-11-16-19(28-15)22-18(13-7-5-4-6-8-13)23(20(16)24)12-14-9-10-17(27-14)21(25)26-2/h4-11H,3,12H2,1-2H3. The highest BCUT2D eigenvalue weighted by molar-refractivity contribution is 7.18. The van der Waals surface area contributed by atoms with Crippen LogP contribution in [0.5, 0.6) is 0 Å². The SMILES string of the molecule is CCc1cc2c(=O)n(Cc3ccc(C(=O)OC)o3)c(-c3ccccc3)nc2s1. The van der Waals surface area contributed by atoms with Gasteiger partial charge in [-0.3, -0.25) is 9.36 Å². The normalized spacial score (nSPS) is 11.1. The molecule has 0 N–H and O–H groups in total. The highest BCUT2D eigenvalue weighted by Crippen LogP contribution is 2.26. The molecule has 0 aliphatic carbocycles. The van der Waals surface area contributed by atoms with Gasteiger partial charge in [0.2, 0.25) is 5.76 Å². The summed E-state index contributed by atoms with van der Waals surface area (Å²) in [5, 5.41) is 0.598. The smallest absolute Gasteiger partial charge is 0.373 e. The lowest BCUT2D eigenvalue weighted by atomic mass is 10.2. The fourth-order valence-electron chi connectivity index (χ4n) is 3.02. The fraction of sp³-hybridized carbons (Fsp3) is 0.190. The van der Waals surface area contributed by atoms with E-state index in [1.807, 2.05) is 36.4 Å². The summed E-state index contributed by atoms with van der Waals surface area (Å²) in [6.07, 6.45) is 0.849. The summed E-state index contributed by atoms with van der Waals surface area (Å²) in [6.45, 7) is 2.22. The number of esters is 1. The third-order valence-corrected chi connectivity index (χ3v) is 5.62. The third kappa shape index (κ3) is 3.25. The van der Waals surface area contributed by atoms with Crippen LogP contribution in [-0.2, 0) is 17.7 Å². The van der Waals surface area contributed by atoms with Crippen LogP contribution in [0.3, 0.4) is 0 Å². The Kier molecular flexibility index (Phi) is 4.83. The van der Waals surface area contributed by atoms with E-state index in [9.17, 15) is 9.59 Å². The van der Waals surface area contributed by atoms with Crippen molar-refractivity contribution in [1.82, 2.24) is 9.55 Å². The van der Waals surface area contributed by atoms with Crippen LogP contribution < -0.4 is 5.56 Å². The molecule has 0 fully saturated rings. The summed E-state index contributed by atoms with van der Waals surface area (Å²) < 4.78 is 11.8. The molecule has 0 saturated carbocycles. The first-order valence-corrected chi connectivity index (χ1v) is 9.68. The Morgan fingerprint density at radius 3 is 2.71 bits per heavy atom. The second-order valence-corrected chi connectivity index (χ2v) is 7.35. The zero-order chi connectivity index (χ0) is 19.7. The Labute approximate surface area is 165 Å². The lowest BCUT2D eigenvalue weighted by Gasteiger charge is -2.11. The third-order valence-electron chi connectivity index (χ3n) is 4.44. The molecule has 4 aromatic rings. The van der Waals surface area contributed by atoms with Gasteiger partial charge < -0.3 is 9.15 Å². The van der Waals surface area contributed by atoms with Crippen LogP contribution in [0.15, 0.2) is 57.7 Å². The van der Waals surface area contributed by atoms with Gasteiger partial charge in [-0.05, 0) is 24.6 Å². The molecule has 0 aliphatic heterocycles. The molecule has 6 nitrogen and oxygen atoms in total. The first-order chi connectivity index (χ1) is 13.6. The van der Waals surface area contributed by atoms with Crippen LogP contribution in [0.2, 0.25) is 0 Å². The van der Waals surface area contributed by atoms with E-state index in [1.165, 1.54) is 18.4 Å². The Bertz CT molecular complexity index is 1200. The first-order valence-electron chi connectivity index (χ1n) is 8.86. The number of rotatable bonds is 5. The molecular weight excluding hydrogens is 376 g/mol. The maximum absolute atomic E-state index is 13.2. The van der Waals surface area contributed by atoms with Crippen molar-refractivity contribution in [3.05, 3.63) is 75.3 Å². The van der Waals surface area contributed by atoms with Crippen molar-refractivity contribution in [3.63, 3.8) is 0 Å². The largest absolute Gasteiger partial charge is 0.463 e. The number of ether oxygens (including phenoxy) is 1. The molecule has 4 rings (SSSR count).